The zero-order chi connectivity index (χ0) is 9.84. The van der Waals surface area contributed by atoms with Crippen LogP contribution in [0.5, 0.6) is 0 Å². The second-order valence-electron chi connectivity index (χ2n) is 3.40. The van der Waals surface area contributed by atoms with Gasteiger partial charge in [-0.15, -0.1) is 0 Å². The molecule has 0 saturated carbocycles. The maximum absolute atomic E-state index is 4.24. The van der Waals surface area contributed by atoms with E-state index in [1.54, 1.807) is 6.21 Å². The second-order valence-corrected chi connectivity index (χ2v) is 3.40. The van der Waals surface area contributed by atoms with Crippen molar-refractivity contribution in [1.29, 1.82) is 0 Å². The molecule has 0 amide bonds. The van der Waals surface area contributed by atoms with Gasteiger partial charge in [0, 0.05) is 11.8 Å². The fourth-order valence-electron chi connectivity index (χ4n) is 0.731. The molecule has 3 nitrogen and oxygen atoms in total. The average molecular weight is 177 g/mol. The Morgan fingerprint density at radius 2 is 2.38 bits per heavy atom. The quantitative estimate of drug-likeness (QED) is 0.689. The van der Waals surface area contributed by atoms with Crippen molar-refractivity contribution in [2.24, 2.45) is 16.0 Å². The third kappa shape index (κ3) is 2.54. The Labute approximate surface area is 78.9 Å². The van der Waals surface area contributed by atoms with E-state index in [4.69, 9.17) is 0 Å². The van der Waals surface area contributed by atoms with Crippen LogP contribution in [0.1, 0.15) is 20.8 Å². The summed E-state index contributed by atoms with van der Waals surface area (Å²) in [4.78, 5) is 4.24. The van der Waals surface area contributed by atoms with Crippen molar-refractivity contribution in [3.63, 3.8) is 0 Å². The van der Waals surface area contributed by atoms with Gasteiger partial charge in [0.25, 0.3) is 0 Å². The molecule has 0 aromatic rings. The van der Waals surface area contributed by atoms with E-state index in [1.165, 1.54) is 5.57 Å². The fraction of sp³-hybridized carbons (Fsp3) is 0.400. The summed E-state index contributed by atoms with van der Waals surface area (Å²) < 4.78 is 0. The molecule has 13 heavy (non-hydrogen) atoms. The third-order valence-electron chi connectivity index (χ3n) is 2.00. The number of hydrogen-bond donors (Lipinski definition) is 1. The van der Waals surface area contributed by atoms with Crippen molar-refractivity contribution in [3.8, 4) is 0 Å². The molecule has 0 unspecified atom stereocenters. The highest BCUT2D eigenvalue weighted by Crippen LogP contribution is 2.08. The molecule has 0 saturated heterocycles. The number of nitrogens with zero attached hydrogens (tertiary/aromatic N) is 2. The molecule has 3 heteroatoms. The van der Waals surface area contributed by atoms with E-state index in [9.17, 15) is 0 Å². The molecule has 0 aromatic carbocycles. The van der Waals surface area contributed by atoms with Crippen molar-refractivity contribution in [3.05, 3.63) is 23.9 Å². The number of hydrogen-bond acceptors (Lipinski definition) is 2. The number of nitrogens with one attached hydrogen (secondary N) is 1. The summed E-state index contributed by atoms with van der Waals surface area (Å²) in [5.41, 5.74) is 4.85. The van der Waals surface area contributed by atoms with Crippen LogP contribution in [0, 0.1) is 5.92 Å². The summed E-state index contributed by atoms with van der Waals surface area (Å²) in [7, 11) is 0. The predicted octanol–water partition coefficient (Wildman–Crippen LogP) is 2.09. The van der Waals surface area contributed by atoms with Crippen molar-refractivity contribution in [2.45, 2.75) is 20.8 Å². The molecule has 70 valence electrons. The van der Waals surface area contributed by atoms with E-state index in [2.05, 4.69) is 42.9 Å². The molecule has 0 aromatic heterocycles. The van der Waals surface area contributed by atoms with Crippen LogP contribution in [0.2, 0.25) is 0 Å². The largest absolute Gasteiger partial charge is 0.261 e. The summed E-state index contributed by atoms with van der Waals surface area (Å²) in [5, 5.41) is 3.83. The number of allylic oxidation sites excluding steroid dienone is 1. The van der Waals surface area contributed by atoms with Gasteiger partial charge in [0.2, 0.25) is 0 Å². The maximum atomic E-state index is 4.24. The van der Waals surface area contributed by atoms with E-state index in [0.717, 1.165) is 11.4 Å². The van der Waals surface area contributed by atoms with Crippen LogP contribution < -0.4 is 5.43 Å². The van der Waals surface area contributed by atoms with Crippen molar-refractivity contribution in [2.75, 3.05) is 0 Å². The lowest BCUT2D eigenvalue weighted by atomic mass is 10.1. The smallest absolute Gasteiger partial charge is 0.154 e. The molecular weight excluding hydrogens is 162 g/mol. The Morgan fingerprint density at radius 3 is 2.85 bits per heavy atom. The van der Waals surface area contributed by atoms with E-state index >= 15 is 0 Å². The van der Waals surface area contributed by atoms with E-state index in [1.807, 2.05) is 6.20 Å². The Bertz CT molecular complexity index is 295. The average Bonchev–Trinajstić information content (AvgIpc) is 2.47. The maximum Gasteiger partial charge on any atom is 0.154 e. The first-order valence-corrected chi connectivity index (χ1v) is 4.34. The Morgan fingerprint density at radius 1 is 1.69 bits per heavy atom. The molecule has 1 aliphatic heterocycles. The lowest BCUT2D eigenvalue weighted by molar-refractivity contribution is 0.766. The molecular formula is C10H15N3. The number of aliphatic imine (C=N–C) groups is 1. The first-order valence-electron chi connectivity index (χ1n) is 4.34. The number of amidine groups is 1. The van der Waals surface area contributed by atoms with Crippen LogP contribution in [0.25, 0.3) is 0 Å². The Hall–Kier alpha value is -1.38. The van der Waals surface area contributed by atoms with Crippen LogP contribution in [0.15, 0.2) is 34.0 Å². The zero-order valence-electron chi connectivity index (χ0n) is 8.33. The molecule has 1 N–H and O–H groups in total. The molecule has 0 bridgehead atoms. The first kappa shape index (κ1) is 9.71. The van der Waals surface area contributed by atoms with E-state index < -0.39 is 0 Å². The summed E-state index contributed by atoms with van der Waals surface area (Å²) >= 11 is 0. The van der Waals surface area contributed by atoms with Crippen LogP contribution in [0.3, 0.4) is 0 Å². The fourth-order valence-corrected chi connectivity index (χ4v) is 0.731. The van der Waals surface area contributed by atoms with Gasteiger partial charge in [0.15, 0.2) is 5.84 Å². The topological polar surface area (TPSA) is 36.8 Å². The molecule has 1 heterocycles. The van der Waals surface area contributed by atoms with Gasteiger partial charge in [-0.1, -0.05) is 26.0 Å². The summed E-state index contributed by atoms with van der Waals surface area (Å²) in [6.45, 7) is 10.1. The Kier molecular flexibility index (Phi) is 3.01. The van der Waals surface area contributed by atoms with Crippen LogP contribution >= 0.6 is 0 Å². The van der Waals surface area contributed by atoms with Crippen molar-refractivity contribution < 1.29 is 0 Å². The lowest BCUT2D eigenvalue weighted by Crippen LogP contribution is -2.11. The zero-order valence-corrected chi connectivity index (χ0v) is 8.33. The van der Waals surface area contributed by atoms with Gasteiger partial charge in [-0.25, -0.2) is 4.99 Å². The van der Waals surface area contributed by atoms with Crippen LogP contribution in [-0.4, -0.2) is 12.1 Å². The highest BCUT2D eigenvalue weighted by molar-refractivity contribution is 6.17. The summed E-state index contributed by atoms with van der Waals surface area (Å²) in [5.74, 6) is 1.26. The van der Waals surface area contributed by atoms with Gasteiger partial charge >= 0.3 is 0 Å². The lowest BCUT2D eigenvalue weighted by Gasteiger charge is -2.02. The number of hydrazone groups is 1. The first-order chi connectivity index (χ1) is 6.11. The van der Waals surface area contributed by atoms with Crippen LogP contribution in [-0.2, 0) is 0 Å². The third-order valence-corrected chi connectivity index (χ3v) is 2.00. The SMILES string of the molecule is C=C1C=NNC1=N/C=C(\C)C(C)C. The molecule has 0 radical (unpaired) electrons. The molecule has 1 rings (SSSR count). The van der Waals surface area contributed by atoms with Gasteiger partial charge in [0.05, 0.1) is 6.21 Å². The van der Waals surface area contributed by atoms with E-state index in [0.29, 0.717) is 5.92 Å². The second kappa shape index (κ2) is 4.03. The van der Waals surface area contributed by atoms with Gasteiger partial charge in [-0.3, -0.25) is 5.43 Å². The number of rotatable bonds is 2. The molecule has 0 spiro atoms. The van der Waals surface area contributed by atoms with Gasteiger partial charge in [-0.05, 0) is 12.8 Å². The minimum atomic E-state index is 0.528. The highest BCUT2D eigenvalue weighted by Gasteiger charge is 2.05. The van der Waals surface area contributed by atoms with E-state index in [-0.39, 0.29) is 0 Å². The minimum absolute atomic E-state index is 0.528. The standard InChI is InChI=1S/C10H15N3/c1-7(2)8(3)5-11-10-9(4)6-12-13-10/h5-7H,4H2,1-3H3,(H,11,13)/b8-5+. The summed E-state index contributed by atoms with van der Waals surface area (Å²) in [6.07, 6.45) is 3.52. The predicted molar refractivity (Wildman–Crippen MR) is 56.8 cm³/mol. The van der Waals surface area contributed by atoms with Crippen molar-refractivity contribution >= 4 is 12.1 Å². The highest BCUT2D eigenvalue weighted by atomic mass is 15.3. The van der Waals surface area contributed by atoms with Crippen molar-refractivity contribution in [1.82, 2.24) is 5.43 Å². The molecule has 0 atom stereocenters. The Balaban J connectivity index is 2.68. The molecule has 1 aliphatic rings. The monoisotopic (exact) mass is 177 g/mol. The van der Waals surface area contributed by atoms with Gasteiger partial charge < -0.3 is 0 Å². The van der Waals surface area contributed by atoms with Gasteiger partial charge in [-0.2, -0.15) is 5.10 Å². The normalized spacial score (nSPS) is 20.2. The van der Waals surface area contributed by atoms with Crippen LogP contribution in [0.4, 0.5) is 0 Å². The summed E-state index contributed by atoms with van der Waals surface area (Å²) in [6, 6.07) is 0. The minimum Gasteiger partial charge on any atom is -0.261 e. The molecule has 0 aliphatic carbocycles. The van der Waals surface area contributed by atoms with Gasteiger partial charge in [0.1, 0.15) is 0 Å². The molecule has 0 fully saturated rings.